The van der Waals surface area contributed by atoms with E-state index in [-0.39, 0.29) is 30.9 Å². The van der Waals surface area contributed by atoms with Crippen molar-refractivity contribution in [3.05, 3.63) is 30.2 Å². The zero-order valence-corrected chi connectivity index (χ0v) is 13.2. The lowest BCUT2D eigenvalue weighted by Crippen LogP contribution is -2.39. The van der Waals surface area contributed by atoms with Crippen LogP contribution in [0.3, 0.4) is 0 Å². The van der Waals surface area contributed by atoms with Crippen LogP contribution in [-0.2, 0) is 9.59 Å². The molecule has 0 unspecified atom stereocenters. The highest BCUT2D eigenvalue weighted by molar-refractivity contribution is 5.91. The fraction of sp³-hybridized carbons (Fsp3) is 0.529. The number of hydrogen-bond acceptors (Lipinski definition) is 4. The SMILES string of the molecule is O=C(/C=C/c1ccco1)NCCC(=O)NC1CCC(CO)CC1. The molecule has 2 rings (SSSR count). The molecule has 0 saturated heterocycles. The number of hydrogen-bond donors (Lipinski definition) is 3. The van der Waals surface area contributed by atoms with Gasteiger partial charge in [0.15, 0.2) is 0 Å². The molecule has 0 spiro atoms. The number of amides is 2. The molecule has 1 aliphatic carbocycles. The van der Waals surface area contributed by atoms with Crippen LogP contribution in [0.1, 0.15) is 37.9 Å². The van der Waals surface area contributed by atoms with Crippen molar-refractivity contribution in [3.63, 3.8) is 0 Å². The van der Waals surface area contributed by atoms with E-state index in [0.717, 1.165) is 25.7 Å². The standard InChI is InChI=1S/C17H24N2O4/c20-12-13-3-5-14(6-4-13)19-17(22)9-10-18-16(21)8-7-15-2-1-11-23-15/h1-2,7-8,11,13-14,20H,3-6,9-10,12H2,(H,18,21)(H,19,22)/b8-7+. The molecule has 2 amide bonds. The first kappa shape index (κ1) is 17.3. The molecule has 1 heterocycles. The van der Waals surface area contributed by atoms with E-state index in [1.165, 1.54) is 12.3 Å². The molecule has 23 heavy (non-hydrogen) atoms. The first-order chi connectivity index (χ1) is 11.2. The van der Waals surface area contributed by atoms with E-state index < -0.39 is 0 Å². The van der Waals surface area contributed by atoms with Crippen LogP contribution in [0.4, 0.5) is 0 Å². The van der Waals surface area contributed by atoms with Gasteiger partial charge in [0.25, 0.3) is 0 Å². The fourth-order valence-corrected chi connectivity index (χ4v) is 2.69. The van der Waals surface area contributed by atoms with Crippen molar-refractivity contribution in [2.24, 2.45) is 5.92 Å². The van der Waals surface area contributed by atoms with E-state index in [9.17, 15) is 9.59 Å². The highest BCUT2D eigenvalue weighted by Crippen LogP contribution is 2.23. The van der Waals surface area contributed by atoms with Crippen molar-refractivity contribution < 1.29 is 19.1 Å². The summed E-state index contributed by atoms with van der Waals surface area (Å²) in [4.78, 5) is 23.4. The van der Waals surface area contributed by atoms with Gasteiger partial charge in [-0.2, -0.15) is 0 Å². The lowest BCUT2D eigenvalue weighted by atomic mass is 9.86. The zero-order chi connectivity index (χ0) is 16.5. The molecule has 0 bridgehead atoms. The number of rotatable bonds is 7. The summed E-state index contributed by atoms with van der Waals surface area (Å²) >= 11 is 0. The monoisotopic (exact) mass is 320 g/mol. The first-order valence-electron chi connectivity index (χ1n) is 8.07. The highest BCUT2D eigenvalue weighted by atomic mass is 16.3. The van der Waals surface area contributed by atoms with Gasteiger partial charge in [-0.15, -0.1) is 0 Å². The van der Waals surface area contributed by atoms with Crippen molar-refractivity contribution in [1.29, 1.82) is 0 Å². The van der Waals surface area contributed by atoms with Crippen molar-refractivity contribution in [3.8, 4) is 0 Å². The number of nitrogens with one attached hydrogen (secondary N) is 2. The second kappa shape index (κ2) is 9.15. The number of furan rings is 1. The Hall–Kier alpha value is -2.08. The molecule has 1 aromatic rings. The molecule has 126 valence electrons. The largest absolute Gasteiger partial charge is 0.465 e. The van der Waals surface area contributed by atoms with Crippen LogP contribution in [0, 0.1) is 5.92 Å². The van der Waals surface area contributed by atoms with E-state index >= 15 is 0 Å². The molecular formula is C17H24N2O4. The Labute approximate surface area is 135 Å². The van der Waals surface area contributed by atoms with Gasteiger partial charge in [0.1, 0.15) is 5.76 Å². The maximum absolute atomic E-state index is 11.8. The van der Waals surface area contributed by atoms with Crippen molar-refractivity contribution >= 4 is 17.9 Å². The maximum atomic E-state index is 11.8. The molecule has 6 heteroatoms. The van der Waals surface area contributed by atoms with Crippen LogP contribution < -0.4 is 10.6 Å². The van der Waals surface area contributed by atoms with Gasteiger partial charge in [0, 0.05) is 31.7 Å². The molecule has 1 fully saturated rings. The summed E-state index contributed by atoms with van der Waals surface area (Å²) in [5, 5.41) is 14.7. The van der Waals surface area contributed by atoms with Gasteiger partial charge in [-0.25, -0.2) is 0 Å². The van der Waals surface area contributed by atoms with Crippen LogP contribution in [0.5, 0.6) is 0 Å². The minimum absolute atomic E-state index is 0.0484. The molecule has 1 aliphatic rings. The quantitative estimate of drug-likeness (QED) is 0.663. The minimum atomic E-state index is -0.252. The smallest absolute Gasteiger partial charge is 0.244 e. The van der Waals surface area contributed by atoms with E-state index in [1.54, 1.807) is 18.2 Å². The summed E-state index contributed by atoms with van der Waals surface area (Å²) in [5.74, 6) is 0.685. The Morgan fingerprint density at radius 2 is 2.09 bits per heavy atom. The third-order valence-corrected chi connectivity index (χ3v) is 4.06. The van der Waals surface area contributed by atoms with Gasteiger partial charge in [-0.1, -0.05) is 0 Å². The average Bonchev–Trinajstić information content (AvgIpc) is 3.07. The third-order valence-electron chi connectivity index (χ3n) is 4.06. The Kier molecular flexibility index (Phi) is 6.87. The van der Waals surface area contributed by atoms with E-state index in [1.807, 2.05) is 0 Å². The summed E-state index contributed by atoms with van der Waals surface area (Å²) in [5.41, 5.74) is 0. The van der Waals surface area contributed by atoms with Crippen LogP contribution in [-0.4, -0.2) is 36.1 Å². The summed E-state index contributed by atoms with van der Waals surface area (Å²) in [7, 11) is 0. The highest BCUT2D eigenvalue weighted by Gasteiger charge is 2.21. The fourth-order valence-electron chi connectivity index (χ4n) is 2.69. The number of aliphatic hydroxyl groups is 1. The number of carbonyl (C=O) groups excluding carboxylic acids is 2. The maximum Gasteiger partial charge on any atom is 0.244 e. The second-order valence-corrected chi connectivity index (χ2v) is 5.86. The predicted octanol–water partition coefficient (Wildman–Crippen LogP) is 1.47. The van der Waals surface area contributed by atoms with Crippen LogP contribution >= 0.6 is 0 Å². The molecule has 0 radical (unpaired) electrons. The second-order valence-electron chi connectivity index (χ2n) is 5.86. The van der Waals surface area contributed by atoms with Crippen molar-refractivity contribution in [2.45, 2.75) is 38.1 Å². The Bertz CT molecular complexity index is 517. The topological polar surface area (TPSA) is 91.6 Å². The third kappa shape index (κ3) is 6.28. The van der Waals surface area contributed by atoms with Crippen molar-refractivity contribution in [2.75, 3.05) is 13.2 Å². The lowest BCUT2D eigenvalue weighted by molar-refractivity contribution is -0.122. The molecule has 6 nitrogen and oxygen atoms in total. The molecule has 3 N–H and O–H groups in total. The van der Waals surface area contributed by atoms with Crippen LogP contribution in [0.15, 0.2) is 28.9 Å². The summed E-state index contributed by atoms with van der Waals surface area (Å²) in [6.07, 6.45) is 8.49. The van der Waals surface area contributed by atoms with Crippen LogP contribution in [0.2, 0.25) is 0 Å². The minimum Gasteiger partial charge on any atom is -0.465 e. The molecule has 0 aromatic carbocycles. The summed E-state index contributed by atoms with van der Waals surface area (Å²) in [6, 6.07) is 3.69. The Balaban J connectivity index is 1.58. The van der Waals surface area contributed by atoms with Gasteiger partial charge in [-0.3, -0.25) is 9.59 Å². The van der Waals surface area contributed by atoms with E-state index in [2.05, 4.69) is 10.6 Å². The van der Waals surface area contributed by atoms with Crippen molar-refractivity contribution in [1.82, 2.24) is 10.6 Å². The summed E-state index contributed by atoms with van der Waals surface area (Å²) in [6.45, 7) is 0.539. The Morgan fingerprint density at radius 1 is 1.30 bits per heavy atom. The molecule has 1 saturated carbocycles. The predicted molar refractivity (Wildman–Crippen MR) is 86.3 cm³/mol. The first-order valence-corrected chi connectivity index (χ1v) is 8.07. The number of aliphatic hydroxyl groups excluding tert-OH is 1. The van der Waals surface area contributed by atoms with Gasteiger partial charge in [0.05, 0.1) is 6.26 Å². The zero-order valence-electron chi connectivity index (χ0n) is 13.2. The van der Waals surface area contributed by atoms with Gasteiger partial charge in [-0.05, 0) is 49.8 Å². The normalized spacial score (nSPS) is 21.3. The molecule has 0 aliphatic heterocycles. The number of carbonyl (C=O) groups is 2. The van der Waals surface area contributed by atoms with Gasteiger partial charge < -0.3 is 20.2 Å². The molecular weight excluding hydrogens is 296 g/mol. The molecule has 0 atom stereocenters. The van der Waals surface area contributed by atoms with Gasteiger partial charge >= 0.3 is 0 Å². The lowest BCUT2D eigenvalue weighted by Gasteiger charge is -2.27. The molecule has 1 aromatic heterocycles. The van der Waals surface area contributed by atoms with E-state index in [4.69, 9.17) is 9.52 Å². The average molecular weight is 320 g/mol. The van der Waals surface area contributed by atoms with Gasteiger partial charge in [0.2, 0.25) is 11.8 Å². The summed E-state index contributed by atoms with van der Waals surface area (Å²) < 4.78 is 5.08. The van der Waals surface area contributed by atoms with E-state index in [0.29, 0.717) is 18.2 Å². The Morgan fingerprint density at radius 3 is 2.74 bits per heavy atom. The van der Waals surface area contributed by atoms with Crippen LogP contribution in [0.25, 0.3) is 6.08 Å².